The van der Waals surface area contributed by atoms with Crippen molar-refractivity contribution in [3.63, 3.8) is 0 Å². The van der Waals surface area contributed by atoms with Gasteiger partial charge in [-0.25, -0.2) is 0 Å². The molecule has 5 heteroatoms. The van der Waals surface area contributed by atoms with Crippen LogP contribution >= 0.6 is 0 Å². The number of likely N-dealkylation sites (N-methyl/N-ethyl adjacent to an activating group) is 1. The zero-order chi connectivity index (χ0) is 13.5. The normalized spacial score (nSPS) is 14.1. The molecule has 0 aromatic carbocycles. The van der Waals surface area contributed by atoms with Gasteiger partial charge >= 0.3 is 5.97 Å². The van der Waals surface area contributed by atoms with Crippen molar-refractivity contribution >= 4 is 11.9 Å². The number of aliphatic carboxylic acids is 1. The average Bonchev–Trinajstić information content (AvgIpc) is 2.28. The van der Waals surface area contributed by atoms with E-state index >= 15 is 0 Å². The fourth-order valence-corrected chi connectivity index (χ4v) is 1.73. The first-order valence-electron chi connectivity index (χ1n) is 6.17. The summed E-state index contributed by atoms with van der Waals surface area (Å²) in [5.41, 5.74) is -1.02. The molecule has 0 aromatic rings. The van der Waals surface area contributed by atoms with Crippen molar-refractivity contribution in [1.29, 1.82) is 0 Å². The van der Waals surface area contributed by atoms with Crippen LogP contribution in [-0.2, 0) is 9.59 Å². The molecule has 17 heavy (non-hydrogen) atoms. The van der Waals surface area contributed by atoms with E-state index in [2.05, 4.69) is 5.32 Å². The molecule has 0 aliphatic heterocycles. The first kappa shape index (κ1) is 15.9. The number of nitrogens with one attached hydrogen (secondary N) is 1. The third-order valence-corrected chi connectivity index (χ3v) is 2.97. The maximum absolute atomic E-state index is 11.7. The van der Waals surface area contributed by atoms with Crippen molar-refractivity contribution in [3.8, 4) is 0 Å². The molecule has 2 N–H and O–H groups in total. The second-order valence-electron chi connectivity index (χ2n) is 4.31. The van der Waals surface area contributed by atoms with E-state index in [1.807, 2.05) is 20.8 Å². The molecule has 0 aliphatic rings. The van der Waals surface area contributed by atoms with Crippen LogP contribution in [0.1, 0.15) is 40.5 Å². The summed E-state index contributed by atoms with van der Waals surface area (Å²) in [4.78, 5) is 24.6. The summed E-state index contributed by atoms with van der Waals surface area (Å²) < 4.78 is 0. The van der Waals surface area contributed by atoms with Crippen molar-refractivity contribution in [2.45, 2.75) is 46.1 Å². The molecule has 0 aromatic heterocycles. The largest absolute Gasteiger partial charge is 0.480 e. The zero-order valence-corrected chi connectivity index (χ0v) is 11.2. The number of amides is 1. The minimum Gasteiger partial charge on any atom is -0.480 e. The summed E-state index contributed by atoms with van der Waals surface area (Å²) in [5, 5.41) is 12.0. The number of carboxylic acids is 1. The minimum absolute atomic E-state index is 0.0569. The van der Waals surface area contributed by atoms with Crippen LogP contribution < -0.4 is 5.32 Å². The molecule has 1 amide bonds. The Bertz CT molecular complexity index is 264. The lowest BCUT2D eigenvalue weighted by atomic mass is 9.96. The van der Waals surface area contributed by atoms with E-state index in [0.717, 1.165) is 6.42 Å². The van der Waals surface area contributed by atoms with Gasteiger partial charge in [0.15, 0.2) is 0 Å². The number of nitrogens with zero attached hydrogens (tertiary/aromatic N) is 1. The molecule has 0 rings (SSSR count). The number of carboxylic acid groups (broad SMARTS) is 1. The van der Waals surface area contributed by atoms with Gasteiger partial charge in [0.1, 0.15) is 5.54 Å². The van der Waals surface area contributed by atoms with Crippen LogP contribution in [0.3, 0.4) is 0 Å². The van der Waals surface area contributed by atoms with Gasteiger partial charge in [-0.2, -0.15) is 0 Å². The Morgan fingerprint density at radius 2 is 1.76 bits per heavy atom. The van der Waals surface area contributed by atoms with Gasteiger partial charge in [-0.1, -0.05) is 13.3 Å². The van der Waals surface area contributed by atoms with Crippen LogP contribution in [0.4, 0.5) is 0 Å². The molecular weight excluding hydrogens is 220 g/mol. The molecule has 0 saturated carbocycles. The highest BCUT2D eigenvalue weighted by Gasteiger charge is 2.32. The van der Waals surface area contributed by atoms with E-state index in [0.29, 0.717) is 19.5 Å². The van der Waals surface area contributed by atoms with E-state index in [1.165, 1.54) is 0 Å². The van der Waals surface area contributed by atoms with Crippen LogP contribution in [0.2, 0.25) is 0 Å². The van der Waals surface area contributed by atoms with Gasteiger partial charge in [0.2, 0.25) is 5.91 Å². The lowest BCUT2D eigenvalue weighted by molar-refractivity contribution is -0.144. The van der Waals surface area contributed by atoms with Crippen molar-refractivity contribution in [3.05, 3.63) is 0 Å². The highest BCUT2D eigenvalue weighted by molar-refractivity contribution is 5.81. The Kier molecular flexibility index (Phi) is 6.80. The first-order chi connectivity index (χ1) is 7.91. The summed E-state index contributed by atoms with van der Waals surface area (Å²) in [6.45, 7) is 8.73. The van der Waals surface area contributed by atoms with Crippen LogP contribution in [0.15, 0.2) is 0 Å². The van der Waals surface area contributed by atoms with Crippen molar-refractivity contribution < 1.29 is 14.7 Å². The predicted octanol–water partition coefficient (Wildman–Crippen LogP) is 1.09. The van der Waals surface area contributed by atoms with Crippen LogP contribution in [0.5, 0.6) is 0 Å². The molecule has 0 bridgehead atoms. The second kappa shape index (κ2) is 7.27. The fraction of sp³-hybridized carbons (Fsp3) is 0.833. The molecule has 5 nitrogen and oxygen atoms in total. The minimum atomic E-state index is -1.02. The molecule has 100 valence electrons. The Morgan fingerprint density at radius 1 is 1.24 bits per heavy atom. The van der Waals surface area contributed by atoms with Crippen LogP contribution in [0, 0.1) is 0 Å². The third kappa shape index (κ3) is 4.73. The van der Waals surface area contributed by atoms with Gasteiger partial charge in [0, 0.05) is 13.1 Å². The van der Waals surface area contributed by atoms with Crippen LogP contribution in [-0.4, -0.2) is 47.1 Å². The number of hydrogen-bond donors (Lipinski definition) is 2. The fourth-order valence-electron chi connectivity index (χ4n) is 1.73. The lowest BCUT2D eigenvalue weighted by Gasteiger charge is -2.27. The topological polar surface area (TPSA) is 69.6 Å². The van der Waals surface area contributed by atoms with Crippen molar-refractivity contribution in [1.82, 2.24) is 10.2 Å². The Hall–Kier alpha value is -1.10. The Morgan fingerprint density at radius 3 is 2.12 bits per heavy atom. The van der Waals surface area contributed by atoms with Crippen LogP contribution in [0.25, 0.3) is 0 Å². The summed E-state index contributed by atoms with van der Waals surface area (Å²) >= 11 is 0. The number of hydrogen-bond acceptors (Lipinski definition) is 3. The number of carbonyl (C=O) groups excluding carboxylic acids is 1. The SMILES string of the molecule is CCCC(C)(NCC(=O)N(CC)CC)C(=O)O. The highest BCUT2D eigenvalue weighted by Crippen LogP contribution is 2.12. The van der Waals surface area contributed by atoms with E-state index in [9.17, 15) is 9.59 Å². The summed E-state index contributed by atoms with van der Waals surface area (Å²) in [5.74, 6) is -0.967. The van der Waals surface area contributed by atoms with Gasteiger partial charge in [-0.15, -0.1) is 0 Å². The standard InChI is InChI=1S/C12H24N2O3/c1-5-8-12(4,11(16)17)13-9-10(15)14(6-2)7-3/h13H,5-9H2,1-4H3,(H,16,17). The first-order valence-corrected chi connectivity index (χ1v) is 6.17. The monoisotopic (exact) mass is 244 g/mol. The summed E-state index contributed by atoms with van der Waals surface area (Å²) in [6.07, 6.45) is 1.27. The van der Waals surface area contributed by atoms with Gasteiger partial charge < -0.3 is 10.0 Å². The van der Waals surface area contributed by atoms with E-state index < -0.39 is 11.5 Å². The molecule has 0 aliphatic carbocycles. The summed E-state index contributed by atoms with van der Waals surface area (Å²) in [6, 6.07) is 0. The molecule has 0 heterocycles. The zero-order valence-electron chi connectivity index (χ0n) is 11.2. The Balaban J connectivity index is 4.41. The van der Waals surface area contributed by atoms with Gasteiger partial charge in [-0.05, 0) is 27.2 Å². The van der Waals surface area contributed by atoms with E-state index in [4.69, 9.17) is 5.11 Å². The molecule has 0 spiro atoms. The molecule has 0 radical (unpaired) electrons. The summed E-state index contributed by atoms with van der Waals surface area (Å²) in [7, 11) is 0. The van der Waals surface area contributed by atoms with Crippen molar-refractivity contribution in [2.24, 2.45) is 0 Å². The van der Waals surface area contributed by atoms with Gasteiger partial charge in [0.05, 0.1) is 6.54 Å². The molecule has 0 fully saturated rings. The molecule has 1 unspecified atom stereocenters. The number of carbonyl (C=O) groups is 2. The lowest BCUT2D eigenvalue weighted by Crippen LogP contribution is -2.53. The van der Waals surface area contributed by atoms with E-state index in [-0.39, 0.29) is 12.5 Å². The quantitative estimate of drug-likeness (QED) is 0.670. The second-order valence-corrected chi connectivity index (χ2v) is 4.31. The third-order valence-electron chi connectivity index (χ3n) is 2.97. The predicted molar refractivity (Wildman–Crippen MR) is 66.9 cm³/mol. The maximum atomic E-state index is 11.7. The molecule has 1 atom stereocenters. The van der Waals surface area contributed by atoms with Gasteiger partial charge in [-0.3, -0.25) is 14.9 Å². The maximum Gasteiger partial charge on any atom is 0.323 e. The number of rotatable bonds is 8. The van der Waals surface area contributed by atoms with E-state index in [1.54, 1.807) is 11.8 Å². The molecule has 0 saturated heterocycles. The Labute approximate surface area is 103 Å². The average molecular weight is 244 g/mol. The molecular formula is C12H24N2O3. The smallest absolute Gasteiger partial charge is 0.323 e. The highest BCUT2D eigenvalue weighted by atomic mass is 16.4. The van der Waals surface area contributed by atoms with Crippen molar-refractivity contribution in [2.75, 3.05) is 19.6 Å². The van der Waals surface area contributed by atoms with Gasteiger partial charge in [0.25, 0.3) is 0 Å².